The van der Waals surface area contributed by atoms with Gasteiger partial charge in [-0.05, 0) is 87.4 Å². The van der Waals surface area contributed by atoms with Crippen LogP contribution in [0.1, 0.15) is 99.8 Å². The van der Waals surface area contributed by atoms with Gasteiger partial charge in [-0.25, -0.2) is 0 Å². The molecular formula is C26H47F3O4SSi. The molecule has 1 fully saturated rings. The molecule has 2 aliphatic rings. The second kappa shape index (κ2) is 11.5. The largest absolute Gasteiger partial charge is 0.534 e. The average Bonchev–Trinajstić information content (AvgIpc) is 2.75. The maximum Gasteiger partial charge on any atom is 0.534 e. The second-order valence-electron chi connectivity index (χ2n) is 11.7. The van der Waals surface area contributed by atoms with Gasteiger partial charge in [0.25, 0.3) is 0 Å². The van der Waals surface area contributed by atoms with E-state index in [1.165, 1.54) is 0 Å². The minimum absolute atomic E-state index is 0.00232. The molecule has 4 nitrogen and oxygen atoms in total. The fourth-order valence-electron chi connectivity index (χ4n) is 6.81. The highest BCUT2D eigenvalue weighted by Gasteiger charge is 2.53. The molecule has 0 heterocycles. The number of fused-ring (bicyclic) bond motifs is 1. The van der Waals surface area contributed by atoms with Crippen LogP contribution in [0, 0.1) is 23.2 Å². The Labute approximate surface area is 212 Å². The van der Waals surface area contributed by atoms with Crippen LogP contribution in [0.3, 0.4) is 0 Å². The summed E-state index contributed by atoms with van der Waals surface area (Å²) in [6.07, 6.45) is 8.55. The van der Waals surface area contributed by atoms with Crippen LogP contribution < -0.4 is 0 Å². The number of allylic oxidation sites excluding steroid dienone is 2. The lowest BCUT2D eigenvalue weighted by molar-refractivity contribution is -0.0565. The van der Waals surface area contributed by atoms with Gasteiger partial charge in [-0.3, -0.25) is 0 Å². The predicted octanol–water partition coefficient (Wildman–Crippen LogP) is 8.56. The number of alkyl halides is 3. The van der Waals surface area contributed by atoms with E-state index in [1.54, 1.807) is 6.08 Å². The maximum atomic E-state index is 13.0. The van der Waals surface area contributed by atoms with Crippen molar-refractivity contribution in [1.82, 2.24) is 0 Å². The monoisotopic (exact) mass is 540 g/mol. The molecule has 2 aliphatic carbocycles. The van der Waals surface area contributed by atoms with E-state index in [1.807, 2.05) is 0 Å². The summed E-state index contributed by atoms with van der Waals surface area (Å²) in [5.41, 5.74) is -5.83. The Hall–Kier alpha value is -0.543. The summed E-state index contributed by atoms with van der Waals surface area (Å²) in [7, 11) is -7.33. The highest BCUT2D eigenvalue weighted by molar-refractivity contribution is 7.87. The van der Waals surface area contributed by atoms with Crippen LogP contribution >= 0.6 is 0 Å². The predicted molar refractivity (Wildman–Crippen MR) is 138 cm³/mol. The van der Waals surface area contributed by atoms with E-state index in [0.717, 1.165) is 56.7 Å². The van der Waals surface area contributed by atoms with E-state index in [4.69, 9.17) is 8.61 Å². The standard InChI is InChI=1S/C26H47F3O4SSi/c1-8-35(9-2,10-3)33-24(5,6)18-12-14-20(4)21-15-11-16-22-23(17-13-19-25(21,22)7)32-34(30,31)26(27,28)29/h17,20-22H,8-16,18-19H2,1-7H3/t20-,21-,22+,25-/m1/s1. The van der Waals surface area contributed by atoms with Crippen molar-refractivity contribution in [3.05, 3.63) is 11.8 Å². The lowest BCUT2D eigenvalue weighted by Gasteiger charge is -2.52. The van der Waals surface area contributed by atoms with Gasteiger partial charge >= 0.3 is 15.6 Å². The zero-order valence-electron chi connectivity index (χ0n) is 22.8. The molecule has 0 aromatic heterocycles. The second-order valence-corrected chi connectivity index (χ2v) is 17.9. The van der Waals surface area contributed by atoms with Crippen LogP contribution in [0.25, 0.3) is 0 Å². The molecular weight excluding hydrogens is 493 g/mol. The minimum Gasteiger partial charge on any atom is -0.412 e. The molecule has 0 aromatic carbocycles. The van der Waals surface area contributed by atoms with Gasteiger partial charge in [0.15, 0.2) is 8.32 Å². The van der Waals surface area contributed by atoms with E-state index in [-0.39, 0.29) is 22.7 Å². The van der Waals surface area contributed by atoms with Crippen molar-refractivity contribution in [3.63, 3.8) is 0 Å². The molecule has 35 heavy (non-hydrogen) atoms. The third-order valence-corrected chi connectivity index (χ3v) is 14.9. The van der Waals surface area contributed by atoms with E-state index in [9.17, 15) is 21.6 Å². The van der Waals surface area contributed by atoms with Gasteiger partial charge in [-0.2, -0.15) is 21.6 Å². The zero-order chi connectivity index (χ0) is 26.7. The third-order valence-electron chi connectivity index (χ3n) is 9.06. The van der Waals surface area contributed by atoms with Crippen LogP contribution in [0.15, 0.2) is 11.8 Å². The fraction of sp³-hybridized carbons (Fsp3) is 0.923. The summed E-state index contributed by atoms with van der Waals surface area (Å²) in [6.45, 7) is 15.5. The Morgan fingerprint density at radius 1 is 1.14 bits per heavy atom. The molecule has 0 unspecified atom stereocenters. The van der Waals surface area contributed by atoms with E-state index < -0.39 is 23.9 Å². The number of rotatable bonds is 12. The number of hydrogen-bond donors (Lipinski definition) is 0. The first kappa shape index (κ1) is 30.7. The molecule has 0 radical (unpaired) electrons. The Morgan fingerprint density at radius 2 is 1.74 bits per heavy atom. The Bertz CT molecular complexity index is 828. The SMILES string of the molecule is CC[Si](CC)(CC)OC(C)(C)CCC[C@@H](C)[C@H]1CCC[C@H]2C(OS(=O)(=O)C(F)(F)F)=CCC[C@]12C. The summed E-state index contributed by atoms with van der Waals surface area (Å²) in [4.78, 5) is 0. The molecule has 0 saturated heterocycles. The number of hydrogen-bond acceptors (Lipinski definition) is 4. The Balaban J connectivity index is 2.06. The molecule has 0 aromatic rings. The quantitative estimate of drug-likeness (QED) is 0.141. The van der Waals surface area contributed by atoms with Crippen molar-refractivity contribution in [2.45, 2.75) is 129 Å². The first-order valence-electron chi connectivity index (χ1n) is 13.5. The maximum absolute atomic E-state index is 13.0. The minimum atomic E-state index is -5.64. The number of halogens is 3. The van der Waals surface area contributed by atoms with Gasteiger partial charge in [-0.15, -0.1) is 0 Å². The molecule has 0 amide bonds. The molecule has 0 N–H and O–H groups in total. The summed E-state index contributed by atoms with van der Waals surface area (Å²) in [6, 6.07) is 3.39. The van der Waals surface area contributed by atoms with Gasteiger partial charge in [0, 0.05) is 5.92 Å². The van der Waals surface area contributed by atoms with Gasteiger partial charge in [0.2, 0.25) is 0 Å². The smallest absolute Gasteiger partial charge is 0.412 e. The fourth-order valence-corrected chi connectivity index (χ4v) is 10.5. The van der Waals surface area contributed by atoms with Crippen molar-refractivity contribution in [2.24, 2.45) is 23.2 Å². The Morgan fingerprint density at radius 3 is 2.29 bits per heavy atom. The summed E-state index contributed by atoms with van der Waals surface area (Å²) < 4.78 is 73.8. The van der Waals surface area contributed by atoms with Gasteiger partial charge in [0.05, 0.1) is 5.60 Å². The van der Waals surface area contributed by atoms with Gasteiger partial charge in [0.1, 0.15) is 5.76 Å². The molecule has 4 atom stereocenters. The average molecular weight is 541 g/mol. The highest BCUT2D eigenvalue weighted by atomic mass is 32.2. The van der Waals surface area contributed by atoms with Crippen LogP contribution in [0.2, 0.25) is 18.1 Å². The third kappa shape index (κ3) is 7.06. The van der Waals surface area contributed by atoms with Crippen molar-refractivity contribution in [2.75, 3.05) is 0 Å². The van der Waals surface area contributed by atoms with Crippen LogP contribution in [0.4, 0.5) is 13.2 Å². The van der Waals surface area contributed by atoms with E-state index >= 15 is 0 Å². The summed E-state index contributed by atoms with van der Waals surface area (Å²) >= 11 is 0. The Kier molecular flexibility index (Phi) is 10.0. The van der Waals surface area contributed by atoms with Gasteiger partial charge in [-0.1, -0.05) is 53.9 Å². The topological polar surface area (TPSA) is 52.6 Å². The van der Waals surface area contributed by atoms with Crippen molar-refractivity contribution in [3.8, 4) is 0 Å². The zero-order valence-corrected chi connectivity index (χ0v) is 24.6. The normalized spacial score (nSPS) is 27.2. The molecule has 0 aliphatic heterocycles. The first-order valence-corrected chi connectivity index (χ1v) is 17.4. The van der Waals surface area contributed by atoms with Crippen LogP contribution in [0.5, 0.6) is 0 Å². The van der Waals surface area contributed by atoms with E-state index in [0.29, 0.717) is 24.7 Å². The summed E-state index contributed by atoms with van der Waals surface area (Å²) in [5.74, 6) is 0.423. The lowest BCUT2D eigenvalue weighted by atomic mass is 9.53. The molecule has 9 heteroatoms. The molecule has 0 bridgehead atoms. The van der Waals surface area contributed by atoms with Crippen molar-refractivity contribution in [1.29, 1.82) is 0 Å². The van der Waals surface area contributed by atoms with Crippen LogP contribution in [-0.2, 0) is 18.7 Å². The van der Waals surface area contributed by atoms with Crippen molar-refractivity contribution >= 4 is 18.4 Å². The lowest BCUT2D eigenvalue weighted by Crippen LogP contribution is -2.45. The molecule has 1 saturated carbocycles. The van der Waals surface area contributed by atoms with Crippen molar-refractivity contribution < 1.29 is 30.2 Å². The van der Waals surface area contributed by atoms with Crippen LogP contribution in [-0.4, -0.2) is 27.8 Å². The molecule has 206 valence electrons. The summed E-state index contributed by atoms with van der Waals surface area (Å²) in [5, 5.41) is 0. The first-order chi connectivity index (χ1) is 16.1. The molecule has 0 spiro atoms. The van der Waals surface area contributed by atoms with E-state index in [2.05, 4.69) is 48.5 Å². The highest BCUT2D eigenvalue weighted by Crippen LogP contribution is 2.57. The van der Waals surface area contributed by atoms with Gasteiger partial charge < -0.3 is 8.61 Å². The molecule has 2 rings (SSSR count).